The Labute approximate surface area is 715 Å². The molecule has 4 aliphatic heterocycles. The van der Waals surface area contributed by atoms with E-state index in [4.69, 9.17) is 37.2 Å². The molecule has 12 aromatic carbocycles. The van der Waals surface area contributed by atoms with E-state index in [0.717, 1.165) is 25.4 Å². The minimum absolute atomic E-state index is 0.304. The van der Waals surface area contributed by atoms with Crippen LogP contribution in [-0.4, -0.2) is 73.1 Å². The van der Waals surface area contributed by atoms with Crippen LogP contribution in [0, 0.1) is 3.57 Å². The lowest BCUT2D eigenvalue weighted by Gasteiger charge is -2.32. The van der Waals surface area contributed by atoms with Gasteiger partial charge in [-0.1, -0.05) is 238 Å². The molecule has 15 aromatic rings. The quantitative estimate of drug-likeness (QED) is 0.110. The second kappa shape index (κ2) is 32.3. The van der Waals surface area contributed by atoms with Gasteiger partial charge >= 0.3 is 28.3 Å². The molecular formula is C96H93B4Br2IO8S3. The zero-order valence-corrected chi connectivity index (χ0v) is 75.2. The molecular weight excluding hydrogens is 1710 g/mol. The first-order valence-corrected chi connectivity index (χ1v) is 44.0. The normalized spacial score (nSPS) is 17.8. The third-order valence-electron chi connectivity index (χ3n) is 23.7. The molecule has 0 radical (unpaired) electrons. The Kier molecular flexibility index (Phi) is 23.3. The summed E-state index contributed by atoms with van der Waals surface area (Å²) >= 11 is 14.9. The third kappa shape index (κ3) is 16.8. The second-order valence-corrected chi connectivity index (χ2v) is 39.9. The molecule has 0 aliphatic carbocycles. The van der Waals surface area contributed by atoms with E-state index >= 15 is 0 Å². The van der Waals surface area contributed by atoms with Crippen molar-refractivity contribution in [2.75, 3.05) is 0 Å². The fourth-order valence-corrected chi connectivity index (χ4v) is 19.5. The van der Waals surface area contributed by atoms with Gasteiger partial charge in [0.1, 0.15) is 0 Å². The van der Waals surface area contributed by atoms with Gasteiger partial charge in [-0.05, 0) is 267 Å². The van der Waals surface area contributed by atoms with E-state index in [1.807, 2.05) is 95.5 Å². The number of thiophene rings is 3. The molecule has 8 nitrogen and oxygen atoms in total. The van der Waals surface area contributed by atoms with Gasteiger partial charge in [-0.25, -0.2) is 0 Å². The van der Waals surface area contributed by atoms with Crippen LogP contribution in [0.1, 0.15) is 111 Å². The highest BCUT2D eigenvalue weighted by atomic mass is 127. The third-order valence-corrected chi connectivity index (χ3v) is 29.1. The van der Waals surface area contributed by atoms with Crippen molar-refractivity contribution in [2.24, 2.45) is 0 Å². The molecule has 0 N–H and O–H groups in total. The summed E-state index contributed by atoms with van der Waals surface area (Å²) < 4.78 is 60.3. The summed E-state index contributed by atoms with van der Waals surface area (Å²) in [4.78, 5) is 0. The summed E-state index contributed by atoms with van der Waals surface area (Å²) in [7, 11) is -1.62. The fraction of sp³-hybridized carbons (Fsp3) is 0.250. The minimum Gasteiger partial charge on any atom is -0.405 e. The maximum Gasteiger partial charge on any atom is 0.496 e. The summed E-state index contributed by atoms with van der Waals surface area (Å²) in [5.74, 6) is 0. The first-order chi connectivity index (χ1) is 54.1. The molecule has 3 aromatic heterocycles. The maximum atomic E-state index is 6.29. The molecule has 0 amide bonds. The molecule has 4 fully saturated rings. The van der Waals surface area contributed by atoms with Crippen molar-refractivity contribution in [3.8, 4) is 55.6 Å². The van der Waals surface area contributed by atoms with Crippen molar-refractivity contribution >= 4 is 188 Å². The average Bonchev–Trinajstić information content (AvgIpc) is 1.59. The van der Waals surface area contributed by atoms with E-state index in [1.165, 1.54) is 114 Å². The Balaban J connectivity index is 0.000000116. The molecule has 576 valence electrons. The number of benzene rings is 12. The molecule has 0 bridgehead atoms. The number of rotatable bonds is 8. The first-order valence-electron chi connectivity index (χ1n) is 38.9. The molecule has 19 rings (SSSR count). The van der Waals surface area contributed by atoms with Crippen LogP contribution in [0.25, 0.3) is 116 Å². The lowest BCUT2D eigenvalue weighted by atomic mass is 9.49. The Bertz CT molecular complexity index is 5930. The SMILES string of the molecule is Brc1cccc(-c2cccc(-c3cccc4c3sc3ccccc34)c2)c1.Brc1cccc(-c2cccc(I)c2)c1.CC1(C)OB(B2OC(C)(C)C(C)(C)O2)OC1(C)C.CC1(C)OB(c2cccc(-c3cccc(-c4cccc5c4sc4ccccc45)c3)c2)OC1(C)C.CC1(C)OB(c2cccc3c2sc2ccccc23)OC1(C)C. The van der Waals surface area contributed by atoms with Crippen LogP contribution < -0.4 is 10.9 Å². The van der Waals surface area contributed by atoms with Crippen LogP contribution in [0.3, 0.4) is 0 Å². The van der Waals surface area contributed by atoms with Crippen molar-refractivity contribution in [3.63, 3.8) is 0 Å². The van der Waals surface area contributed by atoms with E-state index in [2.05, 4.69) is 377 Å². The molecule has 0 spiro atoms. The van der Waals surface area contributed by atoms with Crippen LogP contribution in [0.2, 0.25) is 0 Å². The van der Waals surface area contributed by atoms with Gasteiger partial charge in [-0.3, -0.25) is 0 Å². The van der Waals surface area contributed by atoms with Crippen LogP contribution in [0.5, 0.6) is 0 Å². The van der Waals surface area contributed by atoms with Gasteiger partial charge in [0, 0.05) is 73.1 Å². The molecule has 114 heavy (non-hydrogen) atoms. The molecule has 4 aliphatic rings. The van der Waals surface area contributed by atoms with Crippen molar-refractivity contribution in [1.82, 2.24) is 0 Å². The predicted molar refractivity (Wildman–Crippen MR) is 503 cm³/mol. The summed E-state index contributed by atoms with van der Waals surface area (Å²) in [6.07, 6.45) is 0. The maximum absolute atomic E-state index is 6.29. The zero-order chi connectivity index (χ0) is 80.5. The van der Waals surface area contributed by atoms with E-state index in [-0.39, 0.29) is 59.0 Å². The number of hydrogen-bond acceptors (Lipinski definition) is 11. The van der Waals surface area contributed by atoms with Crippen molar-refractivity contribution in [3.05, 3.63) is 286 Å². The van der Waals surface area contributed by atoms with Gasteiger partial charge in [-0.2, -0.15) is 0 Å². The standard InChI is InChI=1S/C30H27BO2S.C24H15BrS.C18H19BO2S.C12H24B2O4.C12H8BrI/c1-29(2)30(3,4)33-31(32-29)23-13-8-11-21(19-23)20-10-7-12-22(18-20)24-15-9-16-26-25-14-5-6-17-27(25)34-28(24)26;25-19-9-4-7-17(15-19)16-6-3-8-18(14-16)20-11-5-12-22-21-10-1-2-13-23(21)26-24(20)22;1-17(2)18(3,4)21-19(20-17)14-10-7-9-13-12-8-5-6-11-15(12)22-16(13)14;1-9(2)10(3,4)16-13(15-9)14-17-11(5,6)12(7,8)18-14;13-11-5-1-3-9(7-11)10-4-2-6-12(14)8-10/h5-19H,1-4H3;1-15H;5-11H,1-4H3;1-8H3;1-8H. The largest absolute Gasteiger partial charge is 0.496 e. The van der Waals surface area contributed by atoms with E-state index < -0.39 is 14.0 Å². The van der Waals surface area contributed by atoms with Crippen molar-refractivity contribution < 1.29 is 37.2 Å². The molecule has 0 unspecified atom stereocenters. The van der Waals surface area contributed by atoms with E-state index in [0.29, 0.717) is 0 Å². The summed E-state index contributed by atoms with van der Waals surface area (Å²) in [6.45, 7) is 33.0. The van der Waals surface area contributed by atoms with E-state index in [1.54, 1.807) is 0 Å². The molecule has 4 saturated heterocycles. The van der Waals surface area contributed by atoms with Gasteiger partial charge in [0.2, 0.25) is 0 Å². The number of hydrogen-bond donors (Lipinski definition) is 0. The van der Waals surface area contributed by atoms with Crippen LogP contribution in [0.4, 0.5) is 0 Å². The second-order valence-electron chi connectivity index (χ2n) is 33.6. The van der Waals surface area contributed by atoms with Crippen LogP contribution >= 0.6 is 88.5 Å². The highest BCUT2D eigenvalue weighted by Crippen LogP contribution is 2.47. The smallest absolute Gasteiger partial charge is 0.405 e. The summed E-state index contributed by atoms with van der Waals surface area (Å²) in [6, 6.07) is 97.0. The number of halogens is 3. The minimum atomic E-state index is -0.476. The fourth-order valence-electron chi connectivity index (χ4n) is 14.5. The Morgan fingerprint density at radius 1 is 0.254 bits per heavy atom. The van der Waals surface area contributed by atoms with Crippen LogP contribution in [0.15, 0.2) is 282 Å². The van der Waals surface area contributed by atoms with Crippen molar-refractivity contribution in [2.45, 2.75) is 156 Å². The number of fused-ring (bicyclic) bond motifs is 9. The van der Waals surface area contributed by atoms with E-state index in [9.17, 15) is 0 Å². The van der Waals surface area contributed by atoms with Gasteiger partial charge in [0.25, 0.3) is 0 Å². The van der Waals surface area contributed by atoms with Crippen LogP contribution in [-0.2, 0) is 37.2 Å². The molecule has 7 heterocycles. The molecule has 0 saturated carbocycles. The first kappa shape index (κ1) is 82.0. The van der Waals surface area contributed by atoms with Crippen molar-refractivity contribution in [1.29, 1.82) is 0 Å². The van der Waals surface area contributed by atoms with Gasteiger partial charge in [0.05, 0.1) is 44.8 Å². The molecule has 18 heteroatoms. The van der Waals surface area contributed by atoms with Gasteiger partial charge in [-0.15, -0.1) is 34.0 Å². The predicted octanol–water partition coefficient (Wildman–Crippen LogP) is 27.2. The lowest BCUT2D eigenvalue weighted by molar-refractivity contribution is 0.00578. The molecule has 0 atom stereocenters. The van der Waals surface area contributed by atoms with Gasteiger partial charge in [0.15, 0.2) is 0 Å². The summed E-state index contributed by atoms with van der Waals surface area (Å²) in [5, 5.41) is 7.93. The monoisotopic (exact) mass is 1800 g/mol. The van der Waals surface area contributed by atoms with Gasteiger partial charge < -0.3 is 37.2 Å². The average molecular weight is 1800 g/mol. The highest BCUT2D eigenvalue weighted by Gasteiger charge is 2.64. The Hall–Kier alpha value is -7.07. The topological polar surface area (TPSA) is 73.8 Å². The Morgan fingerprint density at radius 2 is 0.544 bits per heavy atom. The Morgan fingerprint density at radius 3 is 0.947 bits per heavy atom. The summed E-state index contributed by atoms with van der Waals surface area (Å²) in [5.41, 5.74) is 11.8. The zero-order valence-electron chi connectivity index (χ0n) is 67.4. The lowest BCUT2D eigenvalue weighted by Crippen LogP contribution is -2.41. The highest BCUT2D eigenvalue weighted by molar-refractivity contribution is 14.1.